The molecule has 0 saturated heterocycles. The molecule has 1 aliphatic heterocycles. The highest BCUT2D eigenvalue weighted by atomic mass is 32.2. The van der Waals surface area contributed by atoms with Gasteiger partial charge in [0, 0.05) is 11.4 Å². The summed E-state index contributed by atoms with van der Waals surface area (Å²) < 4.78 is 13.2. The van der Waals surface area contributed by atoms with Gasteiger partial charge in [-0.2, -0.15) is 4.98 Å². The smallest absolute Gasteiger partial charge is 0.255 e. The van der Waals surface area contributed by atoms with Crippen LogP contribution < -0.4 is 20.1 Å². The van der Waals surface area contributed by atoms with Crippen molar-refractivity contribution in [3.05, 3.63) is 101 Å². The number of benzene rings is 3. The molecule has 39 heavy (non-hydrogen) atoms. The van der Waals surface area contributed by atoms with Crippen LogP contribution in [0.2, 0.25) is 0 Å². The average Bonchev–Trinajstić information content (AvgIpc) is 3.36. The number of carbonyl (C=O) groups excluding carboxylic acids is 1. The maximum Gasteiger partial charge on any atom is 0.255 e. The Balaban J connectivity index is 1.49. The van der Waals surface area contributed by atoms with E-state index < -0.39 is 6.04 Å². The van der Waals surface area contributed by atoms with E-state index in [4.69, 9.17) is 19.6 Å². The van der Waals surface area contributed by atoms with Crippen molar-refractivity contribution >= 4 is 29.3 Å². The molecule has 0 fully saturated rings. The predicted octanol–water partition coefficient (Wildman–Crippen LogP) is 6.30. The van der Waals surface area contributed by atoms with E-state index >= 15 is 0 Å². The predicted molar refractivity (Wildman–Crippen MR) is 154 cm³/mol. The summed E-state index contributed by atoms with van der Waals surface area (Å²) in [4.78, 5) is 18.6. The Morgan fingerprint density at radius 2 is 1.69 bits per heavy atom. The highest BCUT2D eigenvalue weighted by Gasteiger charge is 2.34. The number of aromatic nitrogens is 3. The molecule has 0 aliphatic carbocycles. The molecule has 5 rings (SSSR count). The summed E-state index contributed by atoms with van der Waals surface area (Å²) in [5.74, 6) is 2.48. The Bertz CT molecular complexity index is 1470. The average molecular weight is 542 g/mol. The molecule has 8 nitrogen and oxygen atoms in total. The highest BCUT2D eigenvalue weighted by Crippen LogP contribution is 2.38. The maximum atomic E-state index is 13.9. The molecule has 2 heterocycles. The molecule has 0 spiro atoms. The van der Waals surface area contributed by atoms with Crippen molar-refractivity contribution in [2.45, 2.75) is 37.7 Å². The van der Waals surface area contributed by atoms with Crippen LogP contribution in [-0.2, 0) is 10.5 Å². The number of amides is 1. The molecule has 1 amide bonds. The Kier molecular flexibility index (Phi) is 8.17. The molecule has 3 aromatic carbocycles. The van der Waals surface area contributed by atoms with Gasteiger partial charge in [0.05, 0.1) is 24.5 Å². The van der Waals surface area contributed by atoms with Gasteiger partial charge in [-0.3, -0.25) is 4.79 Å². The van der Waals surface area contributed by atoms with Gasteiger partial charge in [-0.1, -0.05) is 66.4 Å². The van der Waals surface area contributed by atoms with Gasteiger partial charge in [-0.15, -0.1) is 5.10 Å². The van der Waals surface area contributed by atoms with Crippen molar-refractivity contribution in [3.8, 4) is 11.5 Å². The van der Waals surface area contributed by atoms with Crippen LogP contribution in [0.15, 0.2) is 95.3 Å². The Hall–Kier alpha value is -4.24. The van der Waals surface area contributed by atoms with Gasteiger partial charge in [0.2, 0.25) is 11.1 Å². The summed E-state index contributed by atoms with van der Waals surface area (Å²) >= 11 is 1.56. The van der Waals surface area contributed by atoms with E-state index in [0.29, 0.717) is 47.0 Å². The van der Waals surface area contributed by atoms with Gasteiger partial charge in [0.15, 0.2) is 0 Å². The Morgan fingerprint density at radius 1 is 0.974 bits per heavy atom. The summed E-state index contributed by atoms with van der Waals surface area (Å²) in [6.45, 7) is 6.83. The molecule has 1 aliphatic rings. The summed E-state index contributed by atoms with van der Waals surface area (Å²) in [5.41, 5.74) is 3.95. The molecule has 200 valence electrons. The van der Waals surface area contributed by atoms with Crippen LogP contribution in [0.1, 0.15) is 37.9 Å². The summed E-state index contributed by atoms with van der Waals surface area (Å²) in [6, 6.07) is 24.9. The van der Waals surface area contributed by atoms with E-state index in [1.165, 1.54) is 5.56 Å². The van der Waals surface area contributed by atoms with Crippen molar-refractivity contribution < 1.29 is 14.3 Å². The molecular weight excluding hydrogens is 510 g/mol. The highest BCUT2D eigenvalue weighted by molar-refractivity contribution is 7.98. The van der Waals surface area contributed by atoms with Gasteiger partial charge in [0.25, 0.3) is 5.91 Å². The van der Waals surface area contributed by atoms with Gasteiger partial charge in [0.1, 0.15) is 17.5 Å². The number of nitrogens with one attached hydrogen (secondary N) is 2. The number of para-hydroxylation sites is 2. The van der Waals surface area contributed by atoms with Crippen LogP contribution in [0.4, 0.5) is 11.6 Å². The lowest BCUT2D eigenvalue weighted by Crippen LogP contribution is -2.31. The second-order valence-electron chi connectivity index (χ2n) is 8.89. The molecule has 1 atom stereocenters. The summed E-state index contributed by atoms with van der Waals surface area (Å²) in [6.07, 6.45) is 0. The first-order chi connectivity index (χ1) is 19.1. The van der Waals surface area contributed by atoms with Crippen molar-refractivity contribution in [2.24, 2.45) is 0 Å². The van der Waals surface area contributed by atoms with Gasteiger partial charge in [-0.25, -0.2) is 4.68 Å². The zero-order chi connectivity index (χ0) is 27.2. The number of fused-ring (bicyclic) bond motifs is 1. The fourth-order valence-corrected chi connectivity index (χ4v) is 5.26. The van der Waals surface area contributed by atoms with E-state index in [1.54, 1.807) is 16.4 Å². The number of hydrogen-bond donors (Lipinski definition) is 2. The maximum absolute atomic E-state index is 13.9. The first-order valence-corrected chi connectivity index (χ1v) is 13.9. The van der Waals surface area contributed by atoms with Crippen molar-refractivity contribution in [3.63, 3.8) is 0 Å². The molecule has 9 heteroatoms. The second kappa shape index (κ2) is 12.1. The lowest BCUT2D eigenvalue weighted by atomic mass is 9.95. The molecule has 1 aromatic heterocycles. The van der Waals surface area contributed by atoms with Crippen LogP contribution in [0.5, 0.6) is 11.5 Å². The molecule has 0 bridgehead atoms. The monoisotopic (exact) mass is 541 g/mol. The SMILES string of the molecule is CCOc1ccc(C2C(C(=O)Nc3ccccc3OCC)=C(C)Nc3nc(SCc4ccccc4)nn32)cc1. The van der Waals surface area contributed by atoms with Crippen molar-refractivity contribution in [2.75, 3.05) is 23.8 Å². The number of anilines is 2. The minimum atomic E-state index is -0.491. The molecule has 4 aromatic rings. The third kappa shape index (κ3) is 5.93. The van der Waals surface area contributed by atoms with E-state index in [-0.39, 0.29) is 5.91 Å². The normalized spacial score (nSPS) is 14.4. The van der Waals surface area contributed by atoms with Crippen LogP contribution in [0, 0.1) is 0 Å². The number of allylic oxidation sites excluding steroid dienone is 1. The number of thioether (sulfide) groups is 1. The number of nitrogens with zero attached hydrogens (tertiary/aromatic N) is 3. The van der Waals surface area contributed by atoms with Crippen LogP contribution in [0.25, 0.3) is 0 Å². The molecule has 2 N–H and O–H groups in total. The summed E-state index contributed by atoms with van der Waals surface area (Å²) in [5, 5.41) is 11.8. The first kappa shape index (κ1) is 26.4. The third-order valence-corrected chi connectivity index (χ3v) is 7.14. The molecular formula is C30H31N5O3S. The van der Waals surface area contributed by atoms with Gasteiger partial charge < -0.3 is 20.1 Å². The number of carbonyl (C=O) groups is 1. The van der Waals surface area contributed by atoms with Crippen molar-refractivity contribution in [1.29, 1.82) is 0 Å². The minimum Gasteiger partial charge on any atom is -0.494 e. The van der Waals surface area contributed by atoms with E-state index in [2.05, 4.69) is 22.8 Å². The number of ether oxygens (including phenoxy) is 2. The second-order valence-corrected chi connectivity index (χ2v) is 9.83. The Labute approximate surface area is 232 Å². The van der Waals surface area contributed by atoms with E-state index in [1.807, 2.05) is 87.5 Å². The van der Waals surface area contributed by atoms with Crippen molar-refractivity contribution in [1.82, 2.24) is 14.8 Å². The van der Waals surface area contributed by atoms with Crippen LogP contribution >= 0.6 is 11.8 Å². The first-order valence-electron chi connectivity index (χ1n) is 12.9. The zero-order valence-electron chi connectivity index (χ0n) is 22.2. The van der Waals surface area contributed by atoms with Gasteiger partial charge in [-0.05, 0) is 56.2 Å². The van der Waals surface area contributed by atoms with Crippen LogP contribution in [0.3, 0.4) is 0 Å². The number of rotatable bonds is 10. The molecule has 0 radical (unpaired) electrons. The largest absolute Gasteiger partial charge is 0.494 e. The van der Waals surface area contributed by atoms with E-state index in [9.17, 15) is 4.79 Å². The Morgan fingerprint density at radius 3 is 2.44 bits per heavy atom. The quantitative estimate of drug-likeness (QED) is 0.228. The standard InChI is InChI=1S/C30H31N5O3S/c1-4-37-23-17-15-22(16-18-23)27-26(28(36)32-24-13-9-10-14-25(24)38-5-2)20(3)31-29-33-30(34-35(27)29)39-19-21-11-7-6-8-12-21/h6-18,27H,4-5,19H2,1-3H3,(H,32,36)(H,31,33,34). The fourth-order valence-electron chi connectivity index (χ4n) is 4.47. The fraction of sp³-hybridized carbons (Fsp3) is 0.233. The lowest BCUT2D eigenvalue weighted by molar-refractivity contribution is -0.113. The zero-order valence-corrected chi connectivity index (χ0v) is 23.0. The van der Waals surface area contributed by atoms with E-state index in [0.717, 1.165) is 17.1 Å². The minimum absolute atomic E-state index is 0.245. The molecule has 0 saturated carbocycles. The number of hydrogen-bond acceptors (Lipinski definition) is 7. The molecule has 1 unspecified atom stereocenters. The summed E-state index contributed by atoms with van der Waals surface area (Å²) in [7, 11) is 0. The topological polar surface area (TPSA) is 90.3 Å². The third-order valence-electron chi connectivity index (χ3n) is 6.23. The lowest BCUT2D eigenvalue weighted by Gasteiger charge is -2.29. The van der Waals surface area contributed by atoms with Gasteiger partial charge >= 0.3 is 0 Å². The van der Waals surface area contributed by atoms with Crippen LogP contribution in [-0.4, -0.2) is 33.9 Å².